The normalized spacial score (nSPS) is 18.5. The van der Waals surface area contributed by atoms with Gasteiger partial charge in [0.1, 0.15) is 5.76 Å². The van der Waals surface area contributed by atoms with E-state index in [-0.39, 0.29) is 0 Å². The fourth-order valence-electron chi connectivity index (χ4n) is 1.86. The van der Waals surface area contributed by atoms with E-state index in [1.54, 1.807) is 6.07 Å². The Hall–Kier alpha value is -1.47. The van der Waals surface area contributed by atoms with Gasteiger partial charge in [-0.3, -0.25) is 0 Å². The van der Waals surface area contributed by atoms with Gasteiger partial charge in [-0.05, 0) is 25.3 Å². The van der Waals surface area contributed by atoms with Gasteiger partial charge in [0.05, 0.1) is 6.07 Å². The molecule has 4 heteroatoms. The van der Waals surface area contributed by atoms with Crippen LogP contribution < -0.4 is 10.6 Å². The molecule has 0 aromatic carbocycles. The van der Waals surface area contributed by atoms with Crippen LogP contribution in [-0.4, -0.2) is 13.1 Å². The van der Waals surface area contributed by atoms with Crippen molar-refractivity contribution in [3.8, 4) is 6.07 Å². The average molecular weight is 205 g/mol. The maximum atomic E-state index is 8.66. The zero-order valence-corrected chi connectivity index (χ0v) is 8.65. The van der Waals surface area contributed by atoms with Crippen molar-refractivity contribution in [3.05, 3.63) is 17.9 Å². The fourth-order valence-corrected chi connectivity index (χ4v) is 1.86. The fraction of sp³-hybridized carbons (Fsp3) is 0.545. The number of nitriles is 1. The summed E-state index contributed by atoms with van der Waals surface area (Å²) < 4.78 is 5.55. The molecule has 2 rings (SSSR count). The zero-order chi connectivity index (χ0) is 10.7. The summed E-state index contributed by atoms with van der Waals surface area (Å²) in [6.07, 6.45) is 3.71. The van der Waals surface area contributed by atoms with Gasteiger partial charge in [0, 0.05) is 19.2 Å². The molecule has 1 aromatic rings. The van der Waals surface area contributed by atoms with Crippen molar-refractivity contribution >= 4 is 5.88 Å². The van der Waals surface area contributed by atoms with E-state index in [0.717, 1.165) is 19.0 Å². The van der Waals surface area contributed by atoms with E-state index in [1.165, 1.54) is 19.3 Å². The van der Waals surface area contributed by atoms with E-state index in [0.29, 0.717) is 5.76 Å². The van der Waals surface area contributed by atoms with Crippen molar-refractivity contribution in [1.82, 2.24) is 0 Å². The molecule has 15 heavy (non-hydrogen) atoms. The number of nitrogens with zero attached hydrogens (tertiary/aromatic N) is 2. The molecule has 1 atom stereocenters. The second-order valence-corrected chi connectivity index (χ2v) is 3.83. The first kappa shape index (κ1) is 10.1. The first-order chi connectivity index (χ1) is 7.31. The van der Waals surface area contributed by atoms with Crippen molar-refractivity contribution in [3.63, 3.8) is 0 Å². The molecular weight excluding hydrogens is 190 g/mol. The number of piperidine rings is 1. The van der Waals surface area contributed by atoms with Gasteiger partial charge in [0.15, 0.2) is 11.9 Å². The van der Waals surface area contributed by atoms with E-state index < -0.39 is 6.04 Å². The van der Waals surface area contributed by atoms with E-state index in [9.17, 15) is 0 Å². The largest absolute Gasteiger partial charge is 0.443 e. The zero-order valence-electron chi connectivity index (χ0n) is 8.65. The maximum absolute atomic E-state index is 8.66. The molecule has 0 saturated carbocycles. The molecule has 1 aromatic heterocycles. The lowest BCUT2D eigenvalue weighted by Gasteiger charge is -2.25. The van der Waals surface area contributed by atoms with Crippen LogP contribution in [-0.2, 0) is 0 Å². The van der Waals surface area contributed by atoms with Gasteiger partial charge in [0.2, 0.25) is 0 Å². The third kappa shape index (κ3) is 2.13. The van der Waals surface area contributed by atoms with Crippen LogP contribution in [0.4, 0.5) is 5.88 Å². The quantitative estimate of drug-likeness (QED) is 0.799. The molecule has 0 radical (unpaired) electrons. The predicted octanol–water partition coefficient (Wildman–Crippen LogP) is 1.79. The van der Waals surface area contributed by atoms with Crippen LogP contribution in [0.5, 0.6) is 0 Å². The summed E-state index contributed by atoms with van der Waals surface area (Å²) in [6, 6.07) is 5.00. The van der Waals surface area contributed by atoms with Crippen LogP contribution >= 0.6 is 0 Å². The van der Waals surface area contributed by atoms with Gasteiger partial charge in [0.25, 0.3) is 0 Å². The van der Waals surface area contributed by atoms with Crippen LogP contribution in [0.2, 0.25) is 0 Å². The Kier molecular flexibility index (Phi) is 2.93. The Morgan fingerprint density at radius 2 is 2.07 bits per heavy atom. The van der Waals surface area contributed by atoms with E-state index in [1.807, 2.05) is 12.1 Å². The third-order valence-electron chi connectivity index (χ3n) is 2.73. The predicted molar refractivity (Wildman–Crippen MR) is 57.3 cm³/mol. The lowest BCUT2D eigenvalue weighted by Crippen LogP contribution is -2.28. The summed E-state index contributed by atoms with van der Waals surface area (Å²) in [5.41, 5.74) is 5.56. The van der Waals surface area contributed by atoms with Crippen molar-refractivity contribution in [1.29, 1.82) is 5.26 Å². The number of hydrogen-bond acceptors (Lipinski definition) is 4. The minimum atomic E-state index is -0.649. The Balaban J connectivity index is 2.09. The Bertz CT molecular complexity index is 360. The van der Waals surface area contributed by atoms with E-state index in [2.05, 4.69) is 4.90 Å². The molecule has 4 nitrogen and oxygen atoms in total. The van der Waals surface area contributed by atoms with Crippen molar-refractivity contribution < 1.29 is 4.42 Å². The molecule has 2 heterocycles. The highest BCUT2D eigenvalue weighted by Gasteiger charge is 2.16. The van der Waals surface area contributed by atoms with E-state index >= 15 is 0 Å². The number of hydrogen-bond donors (Lipinski definition) is 1. The van der Waals surface area contributed by atoms with Crippen LogP contribution in [0.25, 0.3) is 0 Å². The molecular formula is C11H15N3O. The second-order valence-electron chi connectivity index (χ2n) is 3.83. The lowest BCUT2D eigenvalue weighted by atomic mass is 10.1. The monoisotopic (exact) mass is 205 g/mol. The smallest absolute Gasteiger partial charge is 0.195 e. The number of furan rings is 1. The second kappa shape index (κ2) is 4.37. The summed E-state index contributed by atoms with van der Waals surface area (Å²) in [4.78, 5) is 2.21. The minimum absolute atomic E-state index is 0.554. The Labute approximate surface area is 89.3 Å². The molecule has 0 bridgehead atoms. The van der Waals surface area contributed by atoms with Gasteiger partial charge in [-0.1, -0.05) is 0 Å². The van der Waals surface area contributed by atoms with Crippen LogP contribution in [0.3, 0.4) is 0 Å². The highest BCUT2D eigenvalue weighted by Crippen LogP contribution is 2.24. The molecule has 1 unspecified atom stereocenters. The molecule has 1 aliphatic rings. The van der Waals surface area contributed by atoms with Crippen molar-refractivity contribution in [2.24, 2.45) is 5.73 Å². The molecule has 1 fully saturated rings. The van der Waals surface area contributed by atoms with Crippen LogP contribution in [0.1, 0.15) is 31.1 Å². The van der Waals surface area contributed by atoms with Gasteiger partial charge >= 0.3 is 0 Å². The summed E-state index contributed by atoms with van der Waals surface area (Å²) >= 11 is 0. The first-order valence-electron chi connectivity index (χ1n) is 5.31. The van der Waals surface area contributed by atoms with Gasteiger partial charge in [-0.2, -0.15) is 5.26 Å². The highest BCUT2D eigenvalue weighted by atomic mass is 16.4. The highest BCUT2D eigenvalue weighted by molar-refractivity contribution is 5.37. The molecule has 1 saturated heterocycles. The number of rotatable bonds is 2. The molecule has 2 N–H and O–H groups in total. The molecule has 80 valence electrons. The SMILES string of the molecule is N#CC(N)c1ccc(N2CCCCC2)o1. The van der Waals surface area contributed by atoms with Gasteiger partial charge in [-0.15, -0.1) is 0 Å². The van der Waals surface area contributed by atoms with Crippen LogP contribution in [0.15, 0.2) is 16.5 Å². The van der Waals surface area contributed by atoms with Crippen molar-refractivity contribution in [2.75, 3.05) is 18.0 Å². The average Bonchev–Trinajstić information content (AvgIpc) is 2.78. The molecule has 0 spiro atoms. The third-order valence-corrected chi connectivity index (χ3v) is 2.73. The standard InChI is InChI=1S/C11H15N3O/c12-8-9(13)10-4-5-11(15-10)14-6-2-1-3-7-14/h4-5,9H,1-3,6-7,13H2. The van der Waals surface area contributed by atoms with Gasteiger partial charge in [-0.25, -0.2) is 0 Å². The summed E-state index contributed by atoms with van der Waals surface area (Å²) in [5.74, 6) is 1.40. The van der Waals surface area contributed by atoms with Crippen molar-refractivity contribution in [2.45, 2.75) is 25.3 Å². The molecule has 1 aliphatic heterocycles. The minimum Gasteiger partial charge on any atom is -0.443 e. The summed E-state index contributed by atoms with van der Waals surface area (Å²) in [7, 11) is 0. The summed E-state index contributed by atoms with van der Waals surface area (Å²) in [6.45, 7) is 2.07. The topological polar surface area (TPSA) is 66.2 Å². The molecule has 0 amide bonds. The van der Waals surface area contributed by atoms with Gasteiger partial charge < -0.3 is 15.1 Å². The van der Waals surface area contributed by atoms with Crippen LogP contribution in [0, 0.1) is 11.3 Å². The number of nitrogens with two attached hydrogens (primary N) is 1. The Morgan fingerprint density at radius 3 is 2.73 bits per heavy atom. The first-order valence-corrected chi connectivity index (χ1v) is 5.31. The maximum Gasteiger partial charge on any atom is 0.195 e. The number of anilines is 1. The Morgan fingerprint density at radius 1 is 1.33 bits per heavy atom. The van der Waals surface area contributed by atoms with E-state index in [4.69, 9.17) is 15.4 Å². The lowest BCUT2D eigenvalue weighted by molar-refractivity contribution is 0.464. The molecule has 0 aliphatic carbocycles. The summed E-state index contributed by atoms with van der Waals surface area (Å²) in [5, 5.41) is 8.66.